The first-order chi connectivity index (χ1) is 10.1. The van der Waals surface area contributed by atoms with Crippen molar-refractivity contribution in [1.82, 2.24) is 4.98 Å². The van der Waals surface area contributed by atoms with Crippen molar-refractivity contribution in [3.05, 3.63) is 59.9 Å². The molecule has 21 heavy (non-hydrogen) atoms. The zero-order valence-corrected chi connectivity index (χ0v) is 12.1. The quantitative estimate of drug-likeness (QED) is 0.302. The normalized spacial score (nSPS) is 12.2. The van der Waals surface area contributed by atoms with Gasteiger partial charge in [-0.1, -0.05) is 6.07 Å². The van der Waals surface area contributed by atoms with Crippen LogP contribution in [-0.2, 0) is 0 Å². The van der Waals surface area contributed by atoms with E-state index >= 15 is 0 Å². The van der Waals surface area contributed by atoms with Crippen molar-refractivity contribution in [2.45, 2.75) is 0 Å². The first-order valence-corrected chi connectivity index (χ1v) is 6.61. The lowest BCUT2D eigenvalue weighted by Gasteiger charge is -2.02. The molecule has 1 heterocycles. The minimum absolute atomic E-state index is 0.298. The number of amidine groups is 1. The molecule has 0 unspecified atom stereocenters. The van der Waals surface area contributed by atoms with E-state index < -0.39 is 0 Å². The monoisotopic (exact) mass is 297 g/mol. The van der Waals surface area contributed by atoms with Crippen LogP contribution in [0.3, 0.4) is 0 Å². The Hall–Kier alpha value is -2.60. The smallest absolute Gasteiger partial charge is 0.125 e. The molecule has 0 fully saturated rings. The van der Waals surface area contributed by atoms with Crippen molar-refractivity contribution in [1.29, 1.82) is 5.41 Å². The maximum Gasteiger partial charge on any atom is 0.125 e. The summed E-state index contributed by atoms with van der Waals surface area (Å²) < 4.78 is 0. The van der Waals surface area contributed by atoms with Crippen molar-refractivity contribution < 1.29 is 0 Å². The molecule has 0 atom stereocenters. The molecule has 2 rings (SSSR count). The van der Waals surface area contributed by atoms with Crippen LogP contribution < -0.4 is 11.5 Å². The summed E-state index contributed by atoms with van der Waals surface area (Å²) in [4.78, 5) is 9.06. The predicted octanol–water partition coefficient (Wildman–Crippen LogP) is 2.62. The van der Waals surface area contributed by atoms with Gasteiger partial charge in [-0.25, -0.2) is 4.99 Å². The first-order valence-electron chi connectivity index (χ1n) is 6.16. The highest BCUT2D eigenvalue weighted by Gasteiger charge is 2.00. The van der Waals surface area contributed by atoms with Gasteiger partial charge in [0.1, 0.15) is 5.84 Å². The van der Waals surface area contributed by atoms with E-state index in [1.54, 1.807) is 30.5 Å². The van der Waals surface area contributed by atoms with Gasteiger partial charge in [-0.15, -0.1) is 12.6 Å². The van der Waals surface area contributed by atoms with E-state index in [2.05, 4.69) is 22.6 Å². The number of benzene rings is 1. The van der Waals surface area contributed by atoms with Crippen molar-refractivity contribution in [2.24, 2.45) is 10.7 Å². The van der Waals surface area contributed by atoms with Gasteiger partial charge < -0.3 is 16.9 Å². The molecule has 0 saturated heterocycles. The van der Waals surface area contributed by atoms with Gasteiger partial charge in [0, 0.05) is 28.6 Å². The molecule has 0 amide bonds. The Bertz CT molecular complexity index is 707. The molecule has 0 saturated carbocycles. The van der Waals surface area contributed by atoms with Crippen LogP contribution in [0.1, 0.15) is 11.3 Å². The Morgan fingerprint density at radius 1 is 1.29 bits per heavy atom. The standard InChI is InChI=1S/C15H15N5S/c16-9-10-7-11(4-5-12(10)17)20-15(18)8-14(21)13-3-1-2-6-19-13/h1-9,16,21H,17H2,(H2,18,20)/b14-8-,16-9?. The van der Waals surface area contributed by atoms with Gasteiger partial charge in [-0.3, -0.25) is 4.98 Å². The first kappa shape index (κ1) is 14.8. The molecule has 0 radical (unpaired) electrons. The van der Waals surface area contributed by atoms with Gasteiger partial charge in [0.15, 0.2) is 0 Å². The van der Waals surface area contributed by atoms with Crippen molar-refractivity contribution in [2.75, 3.05) is 5.73 Å². The lowest BCUT2D eigenvalue weighted by atomic mass is 10.2. The van der Waals surface area contributed by atoms with E-state index in [-0.39, 0.29) is 0 Å². The number of thiol groups is 1. The van der Waals surface area contributed by atoms with Crippen LogP contribution in [0.15, 0.2) is 53.7 Å². The third-order valence-corrected chi connectivity index (χ3v) is 3.05. The maximum atomic E-state index is 7.27. The van der Waals surface area contributed by atoms with E-state index in [0.717, 1.165) is 5.69 Å². The molecular weight excluding hydrogens is 282 g/mol. The van der Waals surface area contributed by atoms with E-state index in [1.165, 1.54) is 6.21 Å². The summed E-state index contributed by atoms with van der Waals surface area (Å²) >= 11 is 4.36. The van der Waals surface area contributed by atoms with E-state index in [0.29, 0.717) is 27.7 Å². The molecule has 0 aliphatic heterocycles. The number of hydrogen-bond acceptors (Lipinski definition) is 5. The molecule has 5 nitrogen and oxygen atoms in total. The number of hydrogen-bond donors (Lipinski definition) is 4. The topological polar surface area (TPSA) is 101 Å². The van der Waals surface area contributed by atoms with Crippen LogP contribution in [0.5, 0.6) is 0 Å². The van der Waals surface area contributed by atoms with Crippen LogP contribution in [0.4, 0.5) is 11.4 Å². The van der Waals surface area contributed by atoms with Gasteiger partial charge in [0.25, 0.3) is 0 Å². The second-order valence-corrected chi connectivity index (χ2v) is 4.72. The summed E-state index contributed by atoms with van der Waals surface area (Å²) in [6.45, 7) is 0. The molecule has 6 heteroatoms. The molecule has 106 valence electrons. The van der Waals surface area contributed by atoms with Crippen LogP contribution in [0.25, 0.3) is 4.91 Å². The Labute approximate surface area is 128 Å². The number of nitrogens with two attached hydrogens (primary N) is 2. The van der Waals surface area contributed by atoms with E-state index in [1.807, 2.05) is 18.2 Å². The Balaban J connectivity index is 2.27. The number of anilines is 1. The summed E-state index contributed by atoms with van der Waals surface area (Å²) in [6.07, 6.45) is 4.49. The lowest BCUT2D eigenvalue weighted by molar-refractivity contribution is 1.29. The predicted molar refractivity (Wildman–Crippen MR) is 91.2 cm³/mol. The van der Waals surface area contributed by atoms with Gasteiger partial charge in [-0.05, 0) is 36.4 Å². The van der Waals surface area contributed by atoms with Crippen LogP contribution >= 0.6 is 12.6 Å². The van der Waals surface area contributed by atoms with Crippen LogP contribution in [0, 0.1) is 5.41 Å². The molecule has 0 aliphatic rings. The molecular formula is C15H15N5S. The molecule has 5 N–H and O–H groups in total. The zero-order valence-electron chi connectivity index (χ0n) is 11.2. The Morgan fingerprint density at radius 2 is 2.10 bits per heavy atom. The summed E-state index contributed by atoms with van der Waals surface area (Å²) in [5.74, 6) is 0.298. The van der Waals surface area contributed by atoms with Gasteiger partial charge >= 0.3 is 0 Å². The van der Waals surface area contributed by atoms with Crippen molar-refractivity contribution in [3.63, 3.8) is 0 Å². The molecule has 2 aromatic rings. The number of aromatic nitrogens is 1. The van der Waals surface area contributed by atoms with E-state index in [9.17, 15) is 0 Å². The van der Waals surface area contributed by atoms with Gasteiger partial charge in [0.05, 0.1) is 11.4 Å². The molecule has 0 aliphatic carbocycles. The third-order valence-electron chi connectivity index (χ3n) is 2.70. The molecule has 0 spiro atoms. The minimum Gasteiger partial charge on any atom is -0.398 e. The summed E-state index contributed by atoms with van der Waals surface area (Å²) in [6, 6.07) is 10.7. The summed E-state index contributed by atoms with van der Waals surface area (Å²) in [7, 11) is 0. The number of nitrogen functional groups attached to an aromatic ring is 1. The van der Waals surface area contributed by atoms with Gasteiger partial charge in [0.2, 0.25) is 0 Å². The second-order valence-electron chi connectivity index (χ2n) is 4.24. The zero-order chi connectivity index (χ0) is 15.2. The Morgan fingerprint density at radius 3 is 2.76 bits per heavy atom. The number of nitrogens with one attached hydrogen (secondary N) is 1. The fourth-order valence-corrected chi connectivity index (χ4v) is 1.93. The number of nitrogens with zero attached hydrogens (tertiary/aromatic N) is 2. The van der Waals surface area contributed by atoms with Crippen LogP contribution in [0.2, 0.25) is 0 Å². The second kappa shape index (κ2) is 6.71. The fraction of sp³-hybridized carbons (Fsp3) is 0. The number of pyridine rings is 1. The average molecular weight is 297 g/mol. The highest BCUT2D eigenvalue weighted by Crippen LogP contribution is 2.20. The summed E-state index contributed by atoms with van der Waals surface area (Å²) in [5, 5.41) is 7.27. The number of rotatable bonds is 4. The maximum absolute atomic E-state index is 7.27. The SMILES string of the molecule is N=Cc1cc(N=C(N)/C=C(\S)c2ccccn2)ccc1N. The average Bonchev–Trinajstić information content (AvgIpc) is 2.50. The molecule has 0 bridgehead atoms. The molecule has 1 aromatic heterocycles. The third kappa shape index (κ3) is 3.93. The fourth-order valence-electron chi connectivity index (χ4n) is 1.67. The minimum atomic E-state index is 0.298. The van der Waals surface area contributed by atoms with Crippen molar-refractivity contribution >= 4 is 41.0 Å². The number of aliphatic imine (C=N–C) groups is 1. The largest absolute Gasteiger partial charge is 0.398 e. The summed E-state index contributed by atoms with van der Waals surface area (Å²) in [5.41, 5.74) is 14.1. The highest BCUT2D eigenvalue weighted by molar-refractivity contribution is 7.90. The lowest BCUT2D eigenvalue weighted by Crippen LogP contribution is -2.07. The van der Waals surface area contributed by atoms with Gasteiger partial charge in [-0.2, -0.15) is 0 Å². The highest BCUT2D eigenvalue weighted by atomic mass is 32.1. The Kier molecular flexibility index (Phi) is 4.73. The van der Waals surface area contributed by atoms with Crippen molar-refractivity contribution in [3.8, 4) is 0 Å². The van der Waals surface area contributed by atoms with Crippen LogP contribution in [-0.4, -0.2) is 17.0 Å². The van der Waals surface area contributed by atoms with E-state index in [4.69, 9.17) is 16.9 Å². The molecule has 1 aromatic carbocycles.